The van der Waals surface area contributed by atoms with Crippen LogP contribution in [-0.2, 0) is 16.6 Å². The lowest BCUT2D eigenvalue weighted by Crippen LogP contribution is -2.28. The van der Waals surface area contributed by atoms with Crippen LogP contribution in [0.3, 0.4) is 0 Å². The first-order chi connectivity index (χ1) is 11.8. The van der Waals surface area contributed by atoms with Crippen LogP contribution in [0.2, 0.25) is 0 Å². The fraction of sp³-hybridized carbons (Fsp3) is 0.294. The Balaban J connectivity index is 1.87. The highest BCUT2D eigenvalue weighted by molar-refractivity contribution is 7.89. The van der Waals surface area contributed by atoms with Crippen LogP contribution in [0.5, 0.6) is 0 Å². The van der Waals surface area contributed by atoms with E-state index in [1.165, 1.54) is 22.7 Å². The molecule has 3 rings (SSSR count). The number of aromatic nitrogens is 2. The summed E-state index contributed by atoms with van der Waals surface area (Å²) in [5.41, 5.74) is 2.50. The zero-order valence-electron chi connectivity index (χ0n) is 14.5. The summed E-state index contributed by atoms with van der Waals surface area (Å²) in [7, 11) is -2.13. The predicted octanol–water partition coefficient (Wildman–Crippen LogP) is 3.54. The molecule has 0 N–H and O–H groups in total. The molecule has 0 atom stereocenters. The molecule has 6 nitrogen and oxygen atoms in total. The lowest BCUT2D eigenvalue weighted by atomic mass is 10.1. The van der Waals surface area contributed by atoms with E-state index in [2.05, 4.69) is 10.1 Å². The first kappa shape index (κ1) is 17.8. The van der Waals surface area contributed by atoms with Gasteiger partial charge in [0.15, 0.2) is 0 Å². The highest BCUT2D eigenvalue weighted by atomic mass is 32.2. The smallest absolute Gasteiger partial charge is 0.243 e. The SMILES string of the molecule is Cc1cc(C)c(S(=O)(=O)N(C)Cc2nc(-c3cccs3)no2)c(C)c1. The van der Waals surface area contributed by atoms with Gasteiger partial charge in [0, 0.05) is 7.05 Å². The summed E-state index contributed by atoms with van der Waals surface area (Å²) < 4.78 is 32.4. The third-order valence-electron chi connectivity index (χ3n) is 3.84. The van der Waals surface area contributed by atoms with Crippen LogP contribution in [0.25, 0.3) is 10.7 Å². The molecule has 0 aliphatic heterocycles. The third-order valence-corrected chi connectivity index (χ3v) is 6.82. The Labute approximate surface area is 151 Å². The molecule has 0 saturated heterocycles. The second kappa shape index (κ2) is 6.70. The van der Waals surface area contributed by atoms with E-state index >= 15 is 0 Å². The van der Waals surface area contributed by atoms with Gasteiger partial charge in [0.05, 0.1) is 16.3 Å². The number of hydrogen-bond acceptors (Lipinski definition) is 6. The molecule has 1 aromatic carbocycles. The summed E-state index contributed by atoms with van der Waals surface area (Å²) in [6.07, 6.45) is 0. The van der Waals surface area contributed by atoms with Crippen LogP contribution in [0.1, 0.15) is 22.6 Å². The van der Waals surface area contributed by atoms with Gasteiger partial charge >= 0.3 is 0 Å². The van der Waals surface area contributed by atoms with Crippen LogP contribution in [0.15, 0.2) is 39.1 Å². The number of hydrogen-bond donors (Lipinski definition) is 0. The summed E-state index contributed by atoms with van der Waals surface area (Å²) in [6.45, 7) is 5.59. The van der Waals surface area contributed by atoms with Gasteiger partial charge in [0.1, 0.15) is 0 Å². The van der Waals surface area contributed by atoms with Crippen molar-refractivity contribution >= 4 is 21.4 Å². The fourth-order valence-corrected chi connectivity index (χ4v) is 5.00. The van der Waals surface area contributed by atoms with Gasteiger partial charge in [-0.25, -0.2) is 8.42 Å². The van der Waals surface area contributed by atoms with Crippen molar-refractivity contribution in [2.24, 2.45) is 0 Å². The number of sulfonamides is 1. The second-order valence-corrected chi connectivity index (χ2v) is 8.91. The van der Waals surface area contributed by atoms with Gasteiger partial charge in [-0.05, 0) is 43.3 Å². The Hall–Kier alpha value is -2.03. The zero-order chi connectivity index (χ0) is 18.2. The molecule has 0 unspecified atom stereocenters. The molecule has 25 heavy (non-hydrogen) atoms. The van der Waals surface area contributed by atoms with Crippen LogP contribution >= 0.6 is 11.3 Å². The molecule has 2 heterocycles. The number of benzene rings is 1. The van der Waals surface area contributed by atoms with E-state index in [4.69, 9.17) is 4.52 Å². The number of aryl methyl sites for hydroxylation is 3. The summed E-state index contributed by atoms with van der Waals surface area (Å²) in [4.78, 5) is 5.50. The molecule has 0 radical (unpaired) electrons. The van der Waals surface area contributed by atoms with E-state index < -0.39 is 10.0 Å². The predicted molar refractivity (Wildman–Crippen MR) is 96.9 cm³/mol. The maximum atomic E-state index is 13.0. The third kappa shape index (κ3) is 3.51. The van der Waals surface area contributed by atoms with E-state index in [9.17, 15) is 8.42 Å². The first-order valence-electron chi connectivity index (χ1n) is 7.69. The highest BCUT2D eigenvalue weighted by Crippen LogP contribution is 2.26. The monoisotopic (exact) mass is 377 g/mol. The van der Waals surface area contributed by atoms with Gasteiger partial charge in [-0.2, -0.15) is 9.29 Å². The van der Waals surface area contributed by atoms with Gasteiger partial charge in [0.2, 0.25) is 21.7 Å². The van der Waals surface area contributed by atoms with Gasteiger partial charge in [0.25, 0.3) is 0 Å². The summed E-state index contributed by atoms with van der Waals surface area (Å²) >= 11 is 1.50. The van der Waals surface area contributed by atoms with Gasteiger partial charge in [-0.3, -0.25) is 0 Å². The minimum Gasteiger partial charge on any atom is -0.337 e. The standard InChI is InChI=1S/C17H19N3O3S2/c1-11-8-12(2)16(13(3)9-11)25(21,22)20(4)10-15-18-17(19-23-15)14-6-5-7-24-14/h5-9H,10H2,1-4H3. The molecule has 0 fully saturated rings. The molecular formula is C17H19N3O3S2. The molecule has 0 saturated carbocycles. The zero-order valence-corrected chi connectivity index (χ0v) is 16.1. The first-order valence-corrected chi connectivity index (χ1v) is 10.0. The lowest BCUT2D eigenvalue weighted by molar-refractivity contribution is 0.336. The van der Waals surface area contributed by atoms with Crippen LogP contribution < -0.4 is 0 Å². The maximum Gasteiger partial charge on any atom is 0.243 e. The van der Waals surface area contributed by atoms with Crippen molar-refractivity contribution in [1.82, 2.24) is 14.4 Å². The van der Waals surface area contributed by atoms with E-state index in [0.717, 1.165) is 21.6 Å². The molecule has 0 bridgehead atoms. The Bertz CT molecular complexity index is 969. The van der Waals surface area contributed by atoms with Crippen molar-refractivity contribution in [1.29, 1.82) is 0 Å². The fourth-order valence-electron chi connectivity index (χ4n) is 2.83. The number of rotatable bonds is 5. The molecular weight excluding hydrogens is 358 g/mol. The maximum absolute atomic E-state index is 13.0. The topological polar surface area (TPSA) is 76.3 Å². The van der Waals surface area contributed by atoms with E-state index in [-0.39, 0.29) is 12.4 Å². The van der Waals surface area contributed by atoms with Crippen molar-refractivity contribution < 1.29 is 12.9 Å². The van der Waals surface area contributed by atoms with Gasteiger partial charge < -0.3 is 4.52 Å². The molecule has 0 aliphatic rings. The summed E-state index contributed by atoms with van der Waals surface area (Å²) in [5.74, 6) is 0.732. The van der Waals surface area contributed by atoms with Gasteiger partial charge in [-0.15, -0.1) is 11.3 Å². The van der Waals surface area contributed by atoms with Gasteiger partial charge in [-0.1, -0.05) is 28.9 Å². The van der Waals surface area contributed by atoms with Crippen LogP contribution in [-0.4, -0.2) is 29.9 Å². The Kier molecular flexibility index (Phi) is 4.77. The minimum atomic E-state index is -3.65. The second-order valence-electron chi connectivity index (χ2n) is 5.98. The van der Waals surface area contributed by atoms with E-state index in [0.29, 0.717) is 10.7 Å². The largest absolute Gasteiger partial charge is 0.337 e. The quantitative estimate of drug-likeness (QED) is 0.680. The molecule has 0 aliphatic carbocycles. The molecule has 3 aromatic rings. The van der Waals surface area contributed by atoms with Crippen LogP contribution in [0.4, 0.5) is 0 Å². The number of thiophene rings is 1. The van der Waals surface area contributed by atoms with Crippen LogP contribution in [0, 0.1) is 20.8 Å². The minimum absolute atomic E-state index is 0.0213. The normalized spacial score (nSPS) is 12.0. The average Bonchev–Trinajstić information content (AvgIpc) is 3.15. The summed E-state index contributed by atoms with van der Waals surface area (Å²) in [5, 5.41) is 5.84. The molecule has 0 amide bonds. The van der Waals surface area contributed by atoms with Crippen molar-refractivity contribution in [3.05, 3.63) is 52.2 Å². The number of nitrogens with zero attached hydrogens (tertiary/aromatic N) is 3. The summed E-state index contributed by atoms with van der Waals surface area (Å²) in [6, 6.07) is 7.53. The van der Waals surface area contributed by atoms with Crippen molar-refractivity contribution in [3.8, 4) is 10.7 Å². The average molecular weight is 377 g/mol. The Morgan fingerprint density at radius 2 is 1.88 bits per heavy atom. The van der Waals surface area contributed by atoms with E-state index in [1.54, 1.807) is 0 Å². The van der Waals surface area contributed by atoms with Crippen molar-refractivity contribution in [2.45, 2.75) is 32.2 Å². The highest BCUT2D eigenvalue weighted by Gasteiger charge is 2.26. The van der Waals surface area contributed by atoms with E-state index in [1.807, 2.05) is 50.4 Å². The lowest BCUT2D eigenvalue weighted by Gasteiger charge is -2.19. The molecule has 132 valence electrons. The van der Waals surface area contributed by atoms with Crippen molar-refractivity contribution in [2.75, 3.05) is 7.05 Å². The Morgan fingerprint density at radius 1 is 1.20 bits per heavy atom. The Morgan fingerprint density at radius 3 is 2.48 bits per heavy atom. The molecule has 8 heteroatoms. The molecule has 0 spiro atoms. The molecule has 2 aromatic heterocycles. The van der Waals surface area contributed by atoms with Crippen molar-refractivity contribution in [3.63, 3.8) is 0 Å².